The molecule has 0 spiro atoms. The van der Waals surface area contributed by atoms with E-state index < -0.39 is 0 Å². The van der Waals surface area contributed by atoms with Gasteiger partial charge in [0.25, 0.3) is 0 Å². The Balaban J connectivity index is 1.14. The maximum atomic E-state index is 6.25. The van der Waals surface area contributed by atoms with Crippen LogP contribution in [0, 0.1) is 0 Å². The van der Waals surface area contributed by atoms with Gasteiger partial charge in [-0.05, 0) is 99.4 Å². The summed E-state index contributed by atoms with van der Waals surface area (Å²) >= 11 is 1.81. The third-order valence-electron chi connectivity index (χ3n) is 9.44. The molecule has 0 amide bonds. The highest BCUT2D eigenvalue weighted by atomic mass is 32.1. The van der Waals surface area contributed by atoms with E-state index in [9.17, 15) is 0 Å². The molecule has 230 valence electrons. The van der Waals surface area contributed by atoms with Crippen LogP contribution in [0.2, 0.25) is 0 Å². The highest BCUT2D eigenvalue weighted by molar-refractivity contribution is 7.26. The second-order valence-electron chi connectivity index (χ2n) is 12.4. The first-order valence-corrected chi connectivity index (χ1v) is 17.3. The van der Waals surface area contributed by atoms with E-state index in [4.69, 9.17) is 9.40 Å². The number of aromatic nitrogens is 1. The van der Waals surface area contributed by atoms with E-state index in [1.807, 2.05) is 24.3 Å². The maximum Gasteiger partial charge on any atom is 0.227 e. The molecule has 0 aliphatic heterocycles. The summed E-state index contributed by atoms with van der Waals surface area (Å²) in [6.07, 6.45) is 0. The van der Waals surface area contributed by atoms with Crippen molar-refractivity contribution in [1.29, 1.82) is 0 Å². The molecule has 8 aromatic carbocycles. The number of thiophene rings is 1. The van der Waals surface area contributed by atoms with E-state index in [1.54, 1.807) is 11.3 Å². The third-order valence-corrected chi connectivity index (χ3v) is 10.6. The van der Waals surface area contributed by atoms with Gasteiger partial charge in [-0.3, -0.25) is 0 Å². The minimum Gasteiger partial charge on any atom is -0.436 e. The molecule has 10 rings (SSSR count). The number of rotatable bonds is 5. The van der Waals surface area contributed by atoms with Gasteiger partial charge in [0.1, 0.15) is 5.52 Å². The maximum absolute atomic E-state index is 6.25. The molecule has 0 bridgehead atoms. The molecular weight excluding hydrogens is 617 g/mol. The first kappa shape index (κ1) is 27.8. The van der Waals surface area contributed by atoms with Crippen molar-refractivity contribution in [2.24, 2.45) is 0 Å². The summed E-state index contributed by atoms with van der Waals surface area (Å²) in [4.78, 5) is 7.23. The van der Waals surface area contributed by atoms with E-state index in [0.717, 1.165) is 33.7 Å². The van der Waals surface area contributed by atoms with Gasteiger partial charge >= 0.3 is 0 Å². The third kappa shape index (κ3) is 4.76. The second-order valence-corrected chi connectivity index (χ2v) is 13.5. The lowest BCUT2D eigenvalue weighted by Gasteiger charge is -2.26. The second kappa shape index (κ2) is 11.2. The molecule has 49 heavy (non-hydrogen) atoms. The van der Waals surface area contributed by atoms with Crippen LogP contribution in [-0.2, 0) is 0 Å². The molecule has 4 heteroatoms. The highest BCUT2D eigenvalue weighted by Crippen LogP contribution is 2.44. The van der Waals surface area contributed by atoms with Crippen LogP contribution in [0.15, 0.2) is 174 Å². The summed E-state index contributed by atoms with van der Waals surface area (Å²) in [5, 5.41) is 7.30. The lowest BCUT2D eigenvalue weighted by Crippen LogP contribution is -2.10. The first-order chi connectivity index (χ1) is 24.2. The Bertz CT molecular complexity index is 2830. The molecule has 0 aliphatic rings. The van der Waals surface area contributed by atoms with Crippen LogP contribution in [0.3, 0.4) is 0 Å². The minimum atomic E-state index is 0.652. The van der Waals surface area contributed by atoms with Gasteiger partial charge in [0.2, 0.25) is 5.89 Å². The Morgan fingerprint density at radius 1 is 0.469 bits per heavy atom. The topological polar surface area (TPSA) is 29.3 Å². The van der Waals surface area contributed by atoms with Crippen molar-refractivity contribution < 1.29 is 4.42 Å². The first-order valence-electron chi connectivity index (χ1n) is 16.4. The van der Waals surface area contributed by atoms with Crippen LogP contribution in [0.5, 0.6) is 0 Å². The van der Waals surface area contributed by atoms with Crippen LogP contribution in [0.4, 0.5) is 17.1 Å². The fourth-order valence-electron chi connectivity index (χ4n) is 7.08. The average molecular weight is 645 g/mol. The van der Waals surface area contributed by atoms with Crippen molar-refractivity contribution in [2.75, 3.05) is 4.90 Å². The molecule has 3 nitrogen and oxygen atoms in total. The number of fused-ring (bicyclic) bond motifs is 6. The number of benzene rings is 8. The number of anilines is 3. The molecule has 0 unspecified atom stereocenters. The van der Waals surface area contributed by atoms with Gasteiger partial charge in [-0.25, -0.2) is 4.98 Å². The fourth-order valence-corrected chi connectivity index (χ4v) is 8.24. The van der Waals surface area contributed by atoms with E-state index in [-0.39, 0.29) is 0 Å². The Morgan fingerprint density at radius 3 is 2.00 bits per heavy atom. The normalized spacial score (nSPS) is 11.7. The Hall–Kier alpha value is -6.23. The lowest BCUT2D eigenvalue weighted by molar-refractivity contribution is 0.620. The van der Waals surface area contributed by atoms with Crippen molar-refractivity contribution in [2.45, 2.75) is 0 Å². The number of hydrogen-bond acceptors (Lipinski definition) is 4. The average Bonchev–Trinajstić information content (AvgIpc) is 3.76. The minimum absolute atomic E-state index is 0.652. The molecular formula is C45H28N2OS. The van der Waals surface area contributed by atoms with Gasteiger partial charge < -0.3 is 9.32 Å². The number of nitrogens with zero attached hydrogens (tertiary/aromatic N) is 2. The van der Waals surface area contributed by atoms with Gasteiger partial charge in [-0.15, -0.1) is 11.3 Å². The Morgan fingerprint density at radius 2 is 1.14 bits per heavy atom. The van der Waals surface area contributed by atoms with Crippen molar-refractivity contribution >= 4 is 81.2 Å². The highest BCUT2D eigenvalue weighted by Gasteiger charge is 2.19. The molecule has 0 radical (unpaired) electrons. The van der Waals surface area contributed by atoms with Crippen LogP contribution in [0.25, 0.3) is 75.4 Å². The van der Waals surface area contributed by atoms with Gasteiger partial charge in [-0.2, -0.15) is 0 Å². The van der Waals surface area contributed by atoms with Gasteiger partial charge in [-0.1, -0.05) is 103 Å². The van der Waals surface area contributed by atoms with Crippen molar-refractivity contribution in [1.82, 2.24) is 4.98 Å². The summed E-state index contributed by atoms with van der Waals surface area (Å²) in [5.41, 5.74) is 8.39. The predicted octanol–water partition coefficient (Wildman–Crippen LogP) is 13.3. The molecule has 0 fully saturated rings. The summed E-state index contributed by atoms with van der Waals surface area (Å²) < 4.78 is 8.68. The lowest BCUT2D eigenvalue weighted by atomic mass is 10.00. The Labute approximate surface area is 286 Å². The van der Waals surface area contributed by atoms with E-state index >= 15 is 0 Å². The molecule has 0 atom stereocenters. The van der Waals surface area contributed by atoms with Crippen LogP contribution in [-0.4, -0.2) is 4.98 Å². The Kier molecular flexibility index (Phi) is 6.36. The van der Waals surface area contributed by atoms with Gasteiger partial charge in [0.15, 0.2) is 5.58 Å². The quantitative estimate of drug-likeness (QED) is 0.187. The fraction of sp³-hybridized carbons (Fsp3) is 0. The van der Waals surface area contributed by atoms with E-state index in [1.165, 1.54) is 52.8 Å². The summed E-state index contributed by atoms with van der Waals surface area (Å²) in [7, 11) is 0. The van der Waals surface area contributed by atoms with Crippen molar-refractivity contribution in [3.63, 3.8) is 0 Å². The number of para-hydroxylation sites is 2. The van der Waals surface area contributed by atoms with E-state index in [0.29, 0.717) is 5.89 Å². The summed E-state index contributed by atoms with van der Waals surface area (Å²) in [6.45, 7) is 0. The largest absolute Gasteiger partial charge is 0.436 e. The molecule has 0 aliphatic carbocycles. The van der Waals surface area contributed by atoms with Gasteiger partial charge in [0, 0.05) is 42.8 Å². The number of oxazole rings is 1. The van der Waals surface area contributed by atoms with Gasteiger partial charge in [0.05, 0.1) is 0 Å². The van der Waals surface area contributed by atoms with Crippen LogP contribution < -0.4 is 4.90 Å². The summed E-state index contributed by atoms with van der Waals surface area (Å²) in [6, 6.07) is 60.6. The van der Waals surface area contributed by atoms with Crippen LogP contribution in [0.1, 0.15) is 0 Å². The molecule has 0 saturated heterocycles. The van der Waals surface area contributed by atoms with E-state index in [2.05, 4.69) is 150 Å². The monoisotopic (exact) mass is 644 g/mol. The molecule has 2 aromatic heterocycles. The zero-order valence-corrected chi connectivity index (χ0v) is 27.2. The smallest absolute Gasteiger partial charge is 0.227 e. The number of hydrogen-bond donors (Lipinski definition) is 0. The molecule has 2 heterocycles. The van der Waals surface area contributed by atoms with Crippen molar-refractivity contribution in [3.05, 3.63) is 170 Å². The zero-order chi connectivity index (χ0) is 32.3. The standard InChI is InChI=1S/C45H28N2OS/c1-3-11-31-25-34(20-19-29(31)9-1)33-13-7-14-35(27-33)47(36-22-21-30-10-2-4-12-32(30)26-36)37-23-24-38-43(28-37)49-42-18-8-15-39(44(38)42)45-46-40-16-5-6-17-41(40)48-45/h1-28H. The zero-order valence-electron chi connectivity index (χ0n) is 26.4. The van der Waals surface area contributed by atoms with Crippen molar-refractivity contribution in [3.8, 4) is 22.6 Å². The summed E-state index contributed by atoms with van der Waals surface area (Å²) in [5.74, 6) is 0.652. The SMILES string of the molecule is c1cc(-c2ccc3ccccc3c2)cc(N(c2ccc3ccccc3c2)c2ccc3c(c2)sc2cccc(-c4nc5ccccc5o4)c23)c1. The predicted molar refractivity (Wildman–Crippen MR) is 207 cm³/mol. The molecule has 0 N–H and O–H groups in total. The molecule has 10 aromatic rings. The van der Waals surface area contributed by atoms with Crippen LogP contribution >= 0.6 is 11.3 Å². The molecule has 0 saturated carbocycles.